The van der Waals surface area contributed by atoms with Gasteiger partial charge < -0.3 is 58.7 Å². The van der Waals surface area contributed by atoms with Gasteiger partial charge in [0.1, 0.15) is 36.6 Å². The highest BCUT2D eigenvalue weighted by Gasteiger charge is 2.52. The molecule has 1 rings (SSSR count). The van der Waals surface area contributed by atoms with Crippen molar-refractivity contribution >= 4 is 43.5 Å². The Morgan fingerprint density at radius 1 is 0.368 bits per heavy atom. The van der Waals surface area contributed by atoms with Crippen LogP contribution in [-0.2, 0) is 71.0 Å². The van der Waals surface area contributed by atoms with Crippen LogP contribution in [0.15, 0.2) is 0 Å². The van der Waals surface area contributed by atoms with E-state index in [1.807, 2.05) is 0 Å². The topological polar surface area (TPSA) is 278 Å². The Hall–Kier alpha value is -3.23. The van der Waals surface area contributed by atoms with E-state index in [4.69, 9.17) is 37.7 Å². The van der Waals surface area contributed by atoms with Crippen molar-refractivity contribution in [2.24, 2.45) is 5.92 Å². The maximum atomic E-state index is 15.0. The van der Waals surface area contributed by atoms with Crippen LogP contribution in [0.2, 0.25) is 0 Å². The number of phosphoric ester groups is 1. The second-order valence-electron chi connectivity index (χ2n) is 33.7. The first-order valence-corrected chi connectivity index (χ1v) is 49.4. The van der Waals surface area contributed by atoms with Gasteiger partial charge in [-0.15, -0.1) is 0 Å². The van der Waals surface area contributed by atoms with Crippen molar-refractivity contribution in [3.05, 3.63) is 0 Å². The number of hydrogen-bond acceptors (Lipinski definition) is 16. The van der Waals surface area contributed by atoms with Crippen LogP contribution in [-0.4, -0.2) is 133 Å². The maximum Gasteiger partial charge on any atom is 0.470 e. The van der Waals surface area contributed by atoms with E-state index in [0.717, 1.165) is 154 Å². The van der Waals surface area contributed by atoms with Crippen molar-refractivity contribution in [1.82, 2.24) is 10.6 Å². The summed E-state index contributed by atoms with van der Waals surface area (Å²) in [6, 6.07) is -1.59. The summed E-state index contributed by atoms with van der Waals surface area (Å²) in [5.74, 6) is -3.71. The fourth-order valence-electron chi connectivity index (χ4n) is 15.6. The highest BCUT2D eigenvalue weighted by Crippen LogP contribution is 2.43. The summed E-state index contributed by atoms with van der Waals surface area (Å²) in [7, 11) is -4.00. The minimum atomic E-state index is -5.50. The number of aliphatic hydroxyl groups excluding tert-OH is 1. The molecule has 1 fully saturated rings. The Balaban J connectivity index is 3.78. The predicted molar refractivity (Wildman–Crippen MR) is 462 cm³/mol. The van der Waals surface area contributed by atoms with Crippen LogP contribution < -0.4 is 10.6 Å². The largest absolute Gasteiger partial charge is 0.470 e. The van der Waals surface area contributed by atoms with E-state index in [2.05, 4.69) is 52.2 Å². The molecule has 114 heavy (non-hydrogen) atoms. The first kappa shape index (κ1) is 109. The van der Waals surface area contributed by atoms with Gasteiger partial charge in [0.2, 0.25) is 11.8 Å². The van der Waals surface area contributed by atoms with Crippen molar-refractivity contribution in [3.63, 3.8) is 0 Å². The van der Waals surface area contributed by atoms with Gasteiger partial charge in [-0.2, -0.15) is 0 Å². The van der Waals surface area contributed by atoms with E-state index in [9.17, 15) is 43.4 Å². The average molecular weight is 1640 g/mol. The minimum Gasteiger partial charge on any atom is -0.462 e. The fraction of sp³-hybridized carbons (Fsp3) is 0.935. The Bertz CT molecular complexity index is 2300. The number of rotatable bonds is 85. The van der Waals surface area contributed by atoms with Gasteiger partial charge >= 0.3 is 31.7 Å². The number of phosphoric acid groups is 1. The zero-order chi connectivity index (χ0) is 83.4. The average Bonchev–Trinajstić information content (AvgIpc) is 0.780. The molecule has 0 aromatic rings. The Morgan fingerprint density at radius 3 is 0.956 bits per heavy atom. The first-order valence-electron chi connectivity index (χ1n) is 47.9. The number of carbonyl (C=O) groups is 6. The molecule has 0 spiro atoms. The normalized spacial score (nSPS) is 16.8. The molecule has 0 radical (unpaired) electrons. The SMILES string of the molecule is CCCCCCCCCCCCCC(=O)OC(CCCCCCCCCCC)CC(=O)NCC(COC)COC1OC(CO)C(OP(=O)(O)O)C(OC(=O)CC(CCCCCCCCCCC)OC(=O)CCCCCCCCCCC)C1NC(=O)CC(CCCCCCCCCCC)OC(=O)CCCCCCCCCCCCC. The van der Waals surface area contributed by atoms with Gasteiger partial charge in [0.05, 0.1) is 39.1 Å². The maximum absolute atomic E-state index is 15.0. The Labute approximate surface area is 696 Å². The zero-order valence-electron chi connectivity index (χ0n) is 74.3. The number of esters is 4. The van der Waals surface area contributed by atoms with Crippen LogP contribution in [0.5, 0.6) is 0 Å². The van der Waals surface area contributed by atoms with Crippen LogP contribution in [0.3, 0.4) is 0 Å². The predicted octanol–water partition coefficient (Wildman–Crippen LogP) is 24.0. The standard InChI is InChI=1S/C93H177N2O18P/c1-8-14-20-26-32-38-40-46-52-58-63-69-86(99)108-80(66-60-54-48-42-34-28-22-16-10-3)72-84(97)94-75-79(77-106-7)78-107-93-90(95-85(98)73-81(67-61-55-49-43-35-29-23-17-11-4)109-87(100)70-64-59-53-47-41-39-33-27-21-15-9-2)92(91(83(76-96)111-93)113-114(103,104)105)112-89(102)74-82(68-62-56-50-44-36-30-24-18-12-5)110-88(101)71-65-57-51-45-37-31-25-19-13-6/h79-83,90-93,96H,8-78H2,1-7H3,(H,94,97)(H,95,98)(H2,103,104,105). The lowest BCUT2D eigenvalue weighted by Gasteiger charge is -2.45. The Kier molecular flexibility index (Phi) is 74.7. The summed E-state index contributed by atoms with van der Waals surface area (Å²) < 4.78 is 61.9. The number of hydrogen-bond donors (Lipinski definition) is 5. The van der Waals surface area contributed by atoms with Gasteiger partial charge in [-0.25, -0.2) is 4.57 Å². The smallest absolute Gasteiger partial charge is 0.462 e. The quantitative estimate of drug-likeness (QED) is 0.0164. The third-order valence-corrected chi connectivity index (χ3v) is 23.1. The highest BCUT2D eigenvalue weighted by atomic mass is 31.2. The molecule has 9 atom stereocenters. The summed E-state index contributed by atoms with van der Waals surface area (Å²) >= 11 is 0. The van der Waals surface area contributed by atoms with Gasteiger partial charge in [0, 0.05) is 38.8 Å². The molecule has 1 aliphatic rings. The van der Waals surface area contributed by atoms with E-state index in [0.29, 0.717) is 44.9 Å². The molecule has 1 aliphatic heterocycles. The van der Waals surface area contributed by atoms with Gasteiger partial charge in [0.25, 0.3) is 0 Å². The number of methoxy groups -OCH3 is 1. The molecule has 20 nitrogen and oxygen atoms in total. The van der Waals surface area contributed by atoms with Gasteiger partial charge in [-0.1, -0.05) is 375 Å². The molecule has 5 N–H and O–H groups in total. The lowest BCUT2D eigenvalue weighted by Crippen LogP contribution is -2.66. The first-order chi connectivity index (χ1) is 55.5. The number of ether oxygens (including phenoxy) is 7. The summed E-state index contributed by atoms with van der Waals surface area (Å²) in [6.07, 6.45) is 55.3. The van der Waals surface area contributed by atoms with Gasteiger partial charge in [0.15, 0.2) is 12.4 Å². The van der Waals surface area contributed by atoms with Crippen molar-refractivity contribution in [2.45, 2.75) is 521 Å². The molecular formula is C93H177N2O18P. The second-order valence-corrected chi connectivity index (χ2v) is 34.9. The molecule has 1 saturated heterocycles. The Morgan fingerprint density at radius 2 is 0.658 bits per heavy atom. The molecule has 0 saturated carbocycles. The van der Waals surface area contributed by atoms with Crippen LogP contribution in [0.25, 0.3) is 0 Å². The van der Waals surface area contributed by atoms with Crippen molar-refractivity contribution < 1.29 is 85.9 Å². The van der Waals surface area contributed by atoms with Crippen molar-refractivity contribution in [1.29, 1.82) is 0 Å². The second kappa shape index (κ2) is 78.3. The fourth-order valence-corrected chi connectivity index (χ4v) is 16.2. The number of unbranched alkanes of at least 4 members (excludes halogenated alkanes) is 52. The van der Waals surface area contributed by atoms with E-state index in [1.54, 1.807) is 0 Å². The summed E-state index contributed by atoms with van der Waals surface area (Å²) in [4.78, 5) is 106. The summed E-state index contributed by atoms with van der Waals surface area (Å²) in [5.41, 5.74) is 0. The van der Waals surface area contributed by atoms with Crippen LogP contribution >= 0.6 is 7.82 Å². The molecule has 1 heterocycles. The number of carbonyl (C=O) groups excluding carboxylic acids is 6. The summed E-state index contributed by atoms with van der Waals surface area (Å²) in [5, 5.41) is 17.0. The molecule has 0 aromatic heterocycles. The van der Waals surface area contributed by atoms with Crippen LogP contribution in [0.4, 0.5) is 0 Å². The molecule has 0 aliphatic carbocycles. The van der Waals surface area contributed by atoms with Crippen LogP contribution in [0.1, 0.15) is 472 Å². The van der Waals surface area contributed by atoms with Crippen molar-refractivity contribution in [3.8, 4) is 0 Å². The molecule has 672 valence electrons. The number of amides is 2. The van der Waals surface area contributed by atoms with Crippen molar-refractivity contribution in [2.75, 3.05) is 33.5 Å². The van der Waals surface area contributed by atoms with E-state index < -0.39 is 99.5 Å². The highest BCUT2D eigenvalue weighted by molar-refractivity contribution is 7.46. The molecule has 0 bridgehead atoms. The number of aliphatic hydroxyl groups is 1. The van der Waals surface area contributed by atoms with E-state index >= 15 is 4.79 Å². The monoisotopic (exact) mass is 1640 g/mol. The molecule has 9 unspecified atom stereocenters. The minimum absolute atomic E-state index is 0.0168. The lowest BCUT2D eigenvalue weighted by atomic mass is 9.95. The lowest BCUT2D eigenvalue weighted by molar-refractivity contribution is -0.274. The molecule has 2 amide bonds. The molecule has 0 aromatic carbocycles. The summed E-state index contributed by atoms with van der Waals surface area (Å²) in [6.45, 7) is 12.2. The molecule has 21 heteroatoms. The third kappa shape index (κ3) is 65.6. The van der Waals surface area contributed by atoms with Gasteiger partial charge in [-0.3, -0.25) is 33.3 Å². The van der Waals surface area contributed by atoms with E-state index in [-0.39, 0.29) is 63.7 Å². The third-order valence-electron chi connectivity index (χ3n) is 22.6. The van der Waals surface area contributed by atoms with Gasteiger partial charge in [-0.05, 0) is 57.8 Å². The zero-order valence-corrected chi connectivity index (χ0v) is 75.2. The van der Waals surface area contributed by atoms with Crippen LogP contribution in [0, 0.1) is 5.92 Å². The molecular weight excluding hydrogens is 1460 g/mol. The van der Waals surface area contributed by atoms with E-state index in [1.165, 1.54) is 200 Å². The number of nitrogens with one attached hydrogen (secondary N) is 2.